The van der Waals surface area contributed by atoms with Crippen LogP contribution in [0, 0.1) is 0 Å². The third-order valence-corrected chi connectivity index (χ3v) is 7.44. The van der Waals surface area contributed by atoms with E-state index in [1.807, 2.05) is 84.2 Å². The standard InChI is InChI=1S/C33H23N5O3S2/c39-30-28(31(40)38(33(42)36-30)25-15-17-27(18-16-25)41-26-13-5-2-6-14-26)19-23-11-7-8-12-24(23)20-34-37-32-35-29(21-43-32)22-9-3-1-4-10-22/h1-21H,(H,35,37)(H,36,39,42)/b28-19-,34-20-. The molecule has 8 nitrogen and oxygen atoms in total. The molecule has 2 heterocycles. The first-order chi connectivity index (χ1) is 21.0. The van der Waals surface area contributed by atoms with Crippen molar-refractivity contribution in [1.29, 1.82) is 0 Å². The van der Waals surface area contributed by atoms with Gasteiger partial charge in [-0.25, -0.2) is 4.98 Å². The molecule has 0 bridgehead atoms. The van der Waals surface area contributed by atoms with Gasteiger partial charge >= 0.3 is 0 Å². The zero-order chi connectivity index (χ0) is 29.6. The Morgan fingerprint density at radius 1 is 0.837 bits per heavy atom. The Morgan fingerprint density at radius 3 is 2.23 bits per heavy atom. The number of benzene rings is 4. The maximum Gasteiger partial charge on any atom is 0.270 e. The van der Waals surface area contributed by atoms with Crippen molar-refractivity contribution >= 4 is 63.6 Å². The largest absolute Gasteiger partial charge is 0.457 e. The fourth-order valence-corrected chi connectivity index (χ4v) is 5.27. The second-order valence-corrected chi connectivity index (χ2v) is 10.5. The quantitative estimate of drug-likeness (QED) is 0.0662. The number of aromatic nitrogens is 1. The summed E-state index contributed by atoms with van der Waals surface area (Å²) in [6, 6.07) is 33.5. The van der Waals surface area contributed by atoms with Crippen LogP contribution in [0.2, 0.25) is 0 Å². The van der Waals surface area contributed by atoms with Crippen molar-refractivity contribution in [2.24, 2.45) is 5.10 Å². The molecule has 6 rings (SSSR count). The second kappa shape index (κ2) is 12.6. The smallest absolute Gasteiger partial charge is 0.270 e. The summed E-state index contributed by atoms with van der Waals surface area (Å²) in [6.07, 6.45) is 3.16. The molecule has 0 aliphatic carbocycles. The molecule has 2 N–H and O–H groups in total. The lowest BCUT2D eigenvalue weighted by atomic mass is 10.0. The molecule has 0 radical (unpaired) electrons. The molecule has 1 fully saturated rings. The van der Waals surface area contributed by atoms with Crippen molar-refractivity contribution in [3.63, 3.8) is 0 Å². The number of thiazole rings is 1. The zero-order valence-corrected chi connectivity index (χ0v) is 24.1. The Morgan fingerprint density at radius 2 is 1.49 bits per heavy atom. The van der Waals surface area contributed by atoms with Gasteiger partial charge in [0.2, 0.25) is 5.13 Å². The van der Waals surface area contributed by atoms with Crippen LogP contribution in [0.4, 0.5) is 10.8 Å². The SMILES string of the molecule is O=C1NC(=S)N(c2ccc(Oc3ccccc3)cc2)C(=O)/C1=C\c1ccccc1/C=N\Nc1nc(-c2ccccc2)cs1. The minimum Gasteiger partial charge on any atom is -0.457 e. The maximum atomic E-state index is 13.6. The van der Waals surface area contributed by atoms with Gasteiger partial charge in [0.05, 0.1) is 17.6 Å². The van der Waals surface area contributed by atoms with Crippen molar-refractivity contribution in [2.45, 2.75) is 0 Å². The second-order valence-electron chi connectivity index (χ2n) is 9.27. The highest BCUT2D eigenvalue weighted by molar-refractivity contribution is 7.80. The minimum atomic E-state index is -0.573. The molecule has 0 atom stereocenters. The van der Waals surface area contributed by atoms with Crippen LogP contribution in [0.5, 0.6) is 11.5 Å². The van der Waals surface area contributed by atoms with Gasteiger partial charge in [0.15, 0.2) is 5.11 Å². The van der Waals surface area contributed by atoms with E-state index >= 15 is 0 Å². The summed E-state index contributed by atoms with van der Waals surface area (Å²) < 4.78 is 5.85. The number of rotatable bonds is 8. The summed E-state index contributed by atoms with van der Waals surface area (Å²) in [7, 11) is 0. The van der Waals surface area contributed by atoms with E-state index in [0.717, 1.165) is 11.3 Å². The maximum absolute atomic E-state index is 13.6. The van der Waals surface area contributed by atoms with E-state index in [-0.39, 0.29) is 10.7 Å². The van der Waals surface area contributed by atoms with Crippen molar-refractivity contribution in [3.05, 3.63) is 131 Å². The van der Waals surface area contributed by atoms with Crippen molar-refractivity contribution in [2.75, 3.05) is 10.3 Å². The predicted molar refractivity (Wildman–Crippen MR) is 174 cm³/mol. The number of amides is 2. The Bertz CT molecular complexity index is 1850. The van der Waals surface area contributed by atoms with Crippen molar-refractivity contribution in [3.8, 4) is 22.8 Å². The fraction of sp³-hybridized carbons (Fsp3) is 0. The number of para-hydroxylation sites is 1. The van der Waals surface area contributed by atoms with E-state index in [4.69, 9.17) is 17.0 Å². The number of hydrazone groups is 1. The lowest BCUT2D eigenvalue weighted by Gasteiger charge is -2.29. The minimum absolute atomic E-state index is 0.00115. The Hall–Kier alpha value is -5.45. The zero-order valence-electron chi connectivity index (χ0n) is 22.5. The van der Waals surface area contributed by atoms with E-state index in [9.17, 15) is 9.59 Å². The molecule has 210 valence electrons. The molecule has 4 aromatic carbocycles. The van der Waals surface area contributed by atoms with Crippen LogP contribution in [-0.2, 0) is 9.59 Å². The lowest BCUT2D eigenvalue weighted by molar-refractivity contribution is -0.122. The van der Waals surface area contributed by atoms with Gasteiger partial charge in [0, 0.05) is 16.5 Å². The van der Waals surface area contributed by atoms with Crippen molar-refractivity contribution in [1.82, 2.24) is 10.3 Å². The van der Waals surface area contributed by atoms with Gasteiger partial charge in [-0.05, 0) is 60.3 Å². The molecule has 10 heteroatoms. The number of thiocarbonyl (C=S) groups is 1. The van der Waals surface area contributed by atoms with Gasteiger partial charge in [0.25, 0.3) is 11.8 Å². The van der Waals surface area contributed by atoms with E-state index < -0.39 is 11.8 Å². The van der Waals surface area contributed by atoms with Gasteiger partial charge < -0.3 is 4.74 Å². The monoisotopic (exact) mass is 601 g/mol. The van der Waals surface area contributed by atoms with E-state index in [1.165, 1.54) is 22.3 Å². The number of nitrogens with zero attached hydrogens (tertiary/aromatic N) is 3. The van der Waals surface area contributed by atoms with Crippen LogP contribution in [0.25, 0.3) is 17.3 Å². The molecule has 0 saturated carbocycles. The van der Waals surface area contributed by atoms with Crippen LogP contribution < -0.4 is 20.4 Å². The molecule has 0 spiro atoms. The molecule has 2 amide bonds. The molecule has 1 saturated heterocycles. The van der Waals surface area contributed by atoms with Crippen LogP contribution >= 0.6 is 23.6 Å². The Kier molecular flexibility index (Phi) is 8.12. The summed E-state index contributed by atoms with van der Waals surface area (Å²) in [5.74, 6) is 0.183. The highest BCUT2D eigenvalue weighted by atomic mass is 32.1. The van der Waals surface area contributed by atoms with Crippen LogP contribution in [0.3, 0.4) is 0 Å². The highest BCUT2D eigenvalue weighted by Gasteiger charge is 2.34. The van der Waals surface area contributed by atoms with E-state index in [1.54, 1.807) is 36.5 Å². The Balaban J connectivity index is 1.20. The van der Waals surface area contributed by atoms with Crippen molar-refractivity contribution < 1.29 is 14.3 Å². The van der Waals surface area contributed by atoms with Gasteiger partial charge in [-0.15, -0.1) is 11.3 Å². The molecular weight excluding hydrogens is 579 g/mol. The number of nitrogens with one attached hydrogen (secondary N) is 2. The normalized spacial score (nSPS) is 14.3. The van der Waals surface area contributed by atoms with Crippen LogP contribution in [0.15, 0.2) is 125 Å². The number of ether oxygens (including phenoxy) is 1. The molecule has 1 aromatic heterocycles. The number of carbonyl (C=O) groups excluding carboxylic acids is 2. The summed E-state index contributed by atoms with van der Waals surface area (Å²) in [5.41, 5.74) is 6.62. The van der Waals surface area contributed by atoms with Gasteiger partial charge in [-0.1, -0.05) is 72.8 Å². The lowest BCUT2D eigenvalue weighted by Crippen LogP contribution is -2.54. The fourth-order valence-electron chi connectivity index (χ4n) is 4.32. The predicted octanol–water partition coefficient (Wildman–Crippen LogP) is 6.88. The average Bonchev–Trinajstić information content (AvgIpc) is 3.51. The van der Waals surface area contributed by atoms with Crippen LogP contribution in [0.1, 0.15) is 11.1 Å². The first-order valence-corrected chi connectivity index (χ1v) is 14.5. The number of carbonyl (C=O) groups is 2. The third-order valence-electron chi connectivity index (χ3n) is 6.41. The molecular formula is C33H23N5O3S2. The summed E-state index contributed by atoms with van der Waals surface area (Å²) in [5, 5.41) is 9.56. The van der Waals surface area contributed by atoms with Gasteiger partial charge in [-0.2, -0.15) is 5.10 Å². The molecule has 43 heavy (non-hydrogen) atoms. The number of hydrogen-bond acceptors (Lipinski definition) is 8. The molecule has 1 aliphatic heterocycles. The van der Waals surface area contributed by atoms with E-state index in [0.29, 0.717) is 33.4 Å². The Labute approximate surface area is 257 Å². The number of anilines is 2. The van der Waals surface area contributed by atoms with Crippen LogP contribution in [-0.4, -0.2) is 28.1 Å². The highest BCUT2D eigenvalue weighted by Crippen LogP contribution is 2.28. The average molecular weight is 602 g/mol. The first-order valence-electron chi connectivity index (χ1n) is 13.2. The third kappa shape index (κ3) is 6.40. The van der Waals surface area contributed by atoms with Gasteiger partial charge in [-0.3, -0.25) is 25.2 Å². The number of hydrogen-bond donors (Lipinski definition) is 2. The first kappa shape index (κ1) is 27.7. The summed E-state index contributed by atoms with van der Waals surface area (Å²) in [6.45, 7) is 0. The molecule has 1 aliphatic rings. The summed E-state index contributed by atoms with van der Waals surface area (Å²) >= 11 is 6.80. The molecule has 0 unspecified atom stereocenters. The summed E-state index contributed by atoms with van der Waals surface area (Å²) in [4.78, 5) is 32.3. The topological polar surface area (TPSA) is 95.9 Å². The molecule has 5 aromatic rings. The van der Waals surface area contributed by atoms with E-state index in [2.05, 4.69) is 20.8 Å². The van der Waals surface area contributed by atoms with Gasteiger partial charge in [0.1, 0.15) is 17.1 Å².